The first kappa shape index (κ1) is 12.7. The number of nitro benzene ring substituents is 1. The first-order valence-electron chi connectivity index (χ1n) is 5.04. The zero-order valence-corrected chi connectivity index (χ0v) is 11.2. The van der Waals surface area contributed by atoms with E-state index in [1.807, 2.05) is 6.07 Å². The highest BCUT2D eigenvalue weighted by Crippen LogP contribution is 2.32. The second-order valence-electron chi connectivity index (χ2n) is 3.51. The molecule has 4 nitrogen and oxygen atoms in total. The van der Waals surface area contributed by atoms with Crippen molar-refractivity contribution >= 4 is 39.7 Å². The smallest absolute Gasteiger partial charge is 0.329 e. The Hall–Kier alpha value is -1.70. The predicted octanol–water partition coefficient (Wildman–Crippen LogP) is 4.08. The topological polar surface area (TPSA) is 55.2 Å². The lowest BCUT2D eigenvalue weighted by Gasteiger charge is -2.08. The molecule has 2 aromatic carbocycles. The fraction of sp³-hybridized carbons (Fsp3) is 0. The van der Waals surface area contributed by atoms with E-state index in [4.69, 9.17) is 0 Å². The van der Waals surface area contributed by atoms with E-state index < -0.39 is 16.4 Å². The van der Waals surface area contributed by atoms with Gasteiger partial charge in [0.15, 0.2) is 0 Å². The molecule has 0 spiro atoms. The quantitative estimate of drug-likeness (QED) is 0.511. The van der Waals surface area contributed by atoms with Crippen LogP contribution in [0.3, 0.4) is 0 Å². The van der Waals surface area contributed by atoms with Gasteiger partial charge in [0.05, 0.1) is 8.49 Å². The average Bonchev–Trinajstić information content (AvgIpc) is 2.35. The van der Waals surface area contributed by atoms with Crippen LogP contribution in [0.25, 0.3) is 0 Å². The van der Waals surface area contributed by atoms with E-state index in [1.54, 1.807) is 46.9 Å². The monoisotopic (exact) mass is 358 g/mol. The molecule has 2 rings (SSSR count). The van der Waals surface area contributed by atoms with Gasteiger partial charge < -0.3 is 5.32 Å². The lowest BCUT2D eigenvalue weighted by molar-refractivity contribution is -0.386. The minimum Gasteiger partial charge on any atom is -0.350 e. The molecule has 92 valence electrons. The molecule has 0 amide bonds. The van der Waals surface area contributed by atoms with Crippen molar-refractivity contribution in [3.8, 4) is 0 Å². The van der Waals surface area contributed by atoms with E-state index in [0.29, 0.717) is 5.69 Å². The summed E-state index contributed by atoms with van der Waals surface area (Å²) in [5.74, 6) is -0.818. The highest BCUT2D eigenvalue weighted by Gasteiger charge is 2.22. The third-order valence-corrected chi connectivity index (χ3v) is 3.14. The standard InChI is InChI=1S/C12H8FIN2O2/c13-11-9(14)6-7-10(12(11)16(17)18)15-8-4-2-1-3-5-8/h1-7,15H. The van der Waals surface area contributed by atoms with E-state index in [0.717, 1.165) is 0 Å². The zero-order chi connectivity index (χ0) is 13.1. The van der Waals surface area contributed by atoms with Crippen LogP contribution in [0.15, 0.2) is 42.5 Å². The van der Waals surface area contributed by atoms with Crippen LogP contribution in [0.4, 0.5) is 21.5 Å². The number of nitrogens with zero attached hydrogens (tertiary/aromatic N) is 1. The maximum atomic E-state index is 13.7. The summed E-state index contributed by atoms with van der Waals surface area (Å²) in [6, 6.07) is 11.9. The summed E-state index contributed by atoms with van der Waals surface area (Å²) >= 11 is 1.72. The summed E-state index contributed by atoms with van der Waals surface area (Å²) < 4.78 is 13.9. The molecular formula is C12H8FIN2O2. The van der Waals surface area contributed by atoms with Gasteiger partial charge in [0.2, 0.25) is 5.82 Å². The second-order valence-corrected chi connectivity index (χ2v) is 4.67. The summed E-state index contributed by atoms with van der Waals surface area (Å²) in [6.45, 7) is 0. The molecule has 0 saturated carbocycles. The minimum absolute atomic E-state index is 0.143. The molecule has 0 aliphatic rings. The normalized spacial score (nSPS) is 10.1. The Bertz CT molecular complexity index is 590. The van der Waals surface area contributed by atoms with Crippen molar-refractivity contribution in [1.82, 2.24) is 0 Å². The van der Waals surface area contributed by atoms with Gasteiger partial charge in [-0.2, -0.15) is 4.39 Å². The van der Waals surface area contributed by atoms with Crippen molar-refractivity contribution in [2.24, 2.45) is 0 Å². The van der Waals surface area contributed by atoms with E-state index in [9.17, 15) is 14.5 Å². The molecular weight excluding hydrogens is 350 g/mol. The molecule has 18 heavy (non-hydrogen) atoms. The Labute approximate surface area is 116 Å². The van der Waals surface area contributed by atoms with Crippen molar-refractivity contribution < 1.29 is 9.31 Å². The van der Waals surface area contributed by atoms with Crippen LogP contribution in [0.2, 0.25) is 0 Å². The highest BCUT2D eigenvalue weighted by atomic mass is 127. The van der Waals surface area contributed by atoms with Gasteiger partial charge in [0.1, 0.15) is 5.69 Å². The van der Waals surface area contributed by atoms with Gasteiger partial charge >= 0.3 is 5.69 Å². The number of rotatable bonds is 3. The second kappa shape index (κ2) is 5.30. The largest absolute Gasteiger partial charge is 0.350 e. The Kier molecular flexibility index (Phi) is 3.75. The van der Waals surface area contributed by atoms with Gasteiger partial charge in [-0.15, -0.1) is 0 Å². The predicted molar refractivity (Wildman–Crippen MR) is 75.5 cm³/mol. The van der Waals surface area contributed by atoms with Crippen LogP contribution in [0.5, 0.6) is 0 Å². The Morgan fingerprint density at radius 3 is 2.44 bits per heavy atom. The van der Waals surface area contributed by atoms with Crippen molar-refractivity contribution in [2.45, 2.75) is 0 Å². The molecule has 2 aromatic rings. The molecule has 0 heterocycles. The molecule has 0 atom stereocenters. The fourth-order valence-corrected chi connectivity index (χ4v) is 1.93. The van der Waals surface area contributed by atoms with Crippen molar-refractivity contribution in [3.05, 3.63) is 62.0 Å². The van der Waals surface area contributed by atoms with Crippen LogP contribution in [-0.4, -0.2) is 4.92 Å². The van der Waals surface area contributed by atoms with E-state index in [2.05, 4.69) is 5.32 Å². The third-order valence-electron chi connectivity index (χ3n) is 2.30. The first-order valence-corrected chi connectivity index (χ1v) is 6.12. The van der Waals surface area contributed by atoms with Crippen LogP contribution >= 0.6 is 22.6 Å². The Morgan fingerprint density at radius 2 is 1.83 bits per heavy atom. The van der Waals surface area contributed by atoms with Crippen LogP contribution in [0, 0.1) is 19.5 Å². The molecule has 1 N–H and O–H groups in total. The summed E-state index contributed by atoms with van der Waals surface area (Å²) in [5.41, 5.74) is 0.274. The zero-order valence-electron chi connectivity index (χ0n) is 9.06. The Morgan fingerprint density at radius 1 is 1.17 bits per heavy atom. The molecule has 0 radical (unpaired) electrons. The SMILES string of the molecule is O=[N+]([O-])c1c(Nc2ccccc2)ccc(I)c1F. The number of hydrogen-bond donors (Lipinski definition) is 1. The number of halogens is 2. The van der Waals surface area contributed by atoms with Gasteiger partial charge in [0.25, 0.3) is 0 Å². The lowest BCUT2D eigenvalue weighted by atomic mass is 10.2. The number of anilines is 2. The molecule has 0 unspecified atom stereocenters. The van der Waals surface area contributed by atoms with Gasteiger partial charge in [0, 0.05) is 5.69 Å². The van der Waals surface area contributed by atoms with Gasteiger partial charge in [-0.3, -0.25) is 10.1 Å². The van der Waals surface area contributed by atoms with Gasteiger partial charge in [-0.25, -0.2) is 0 Å². The Balaban J connectivity index is 2.45. The van der Waals surface area contributed by atoms with Crippen molar-refractivity contribution in [1.29, 1.82) is 0 Å². The van der Waals surface area contributed by atoms with Gasteiger partial charge in [-0.1, -0.05) is 18.2 Å². The molecule has 6 heteroatoms. The summed E-state index contributed by atoms with van der Waals surface area (Å²) in [4.78, 5) is 10.2. The third kappa shape index (κ3) is 2.58. The molecule has 0 fully saturated rings. The van der Waals surface area contributed by atoms with Gasteiger partial charge in [-0.05, 0) is 46.9 Å². The summed E-state index contributed by atoms with van der Waals surface area (Å²) in [5, 5.41) is 13.7. The van der Waals surface area contributed by atoms with Crippen LogP contribution in [-0.2, 0) is 0 Å². The maximum Gasteiger partial charge on any atom is 0.329 e. The number of para-hydroxylation sites is 1. The summed E-state index contributed by atoms with van der Waals surface area (Å²) in [6.07, 6.45) is 0. The average molecular weight is 358 g/mol. The molecule has 0 bridgehead atoms. The van der Waals surface area contributed by atoms with E-state index >= 15 is 0 Å². The van der Waals surface area contributed by atoms with E-state index in [-0.39, 0.29) is 9.26 Å². The molecule has 0 saturated heterocycles. The highest BCUT2D eigenvalue weighted by molar-refractivity contribution is 14.1. The van der Waals surface area contributed by atoms with Crippen molar-refractivity contribution in [2.75, 3.05) is 5.32 Å². The van der Waals surface area contributed by atoms with Crippen LogP contribution in [0.1, 0.15) is 0 Å². The first-order chi connectivity index (χ1) is 8.59. The maximum absolute atomic E-state index is 13.7. The number of nitro groups is 1. The number of hydrogen-bond acceptors (Lipinski definition) is 3. The summed E-state index contributed by atoms with van der Waals surface area (Å²) in [7, 11) is 0. The minimum atomic E-state index is -0.818. The number of benzene rings is 2. The molecule has 0 aliphatic carbocycles. The van der Waals surface area contributed by atoms with Crippen LogP contribution < -0.4 is 5.32 Å². The van der Waals surface area contributed by atoms with Crippen molar-refractivity contribution in [3.63, 3.8) is 0 Å². The molecule has 0 aliphatic heterocycles. The fourth-order valence-electron chi connectivity index (χ4n) is 1.50. The molecule has 0 aromatic heterocycles. The lowest BCUT2D eigenvalue weighted by Crippen LogP contribution is -2.01. The number of nitrogens with one attached hydrogen (secondary N) is 1. The van der Waals surface area contributed by atoms with E-state index in [1.165, 1.54) is 12.1 Å².